The second kappa shape index (κ2) is 8.24. The van der Waals surface area contributed by atoms with Crippen LogP contribution >= 0.6 is 11.3 Å². The summed E-state index contributed by atoms with van der Waals surface area (Å²) in [5.41, 5.74) is 0. The topological polar surface area (TPSA) is 85.8 Å². The smallest absolute Gasteiger partial charge is 0.240 e. The molecule has 1 unspecified atom stereocenters. The third-order valence-corrected chi connectivity index (χ3v) is 4.29. The molecule has 25 heavy (non-hydrogen) atoms. The first-order valence-electron chi connectivity index (χ1n) is 7.82. The molecule has 1 aromatic heterocycles. The van der Waals surface area contributed by atoms with Gasteiger partial charge in [0.15, 0.2) is 11.5 Å². The Bertz CT molecular complexity index is 724. The Labute approximate surface area is 149 Å². The molecule has 1 atom stereocenters. The molecule has 0 spiro atoms. The summed E-state index contributed by atoms with van der Waals surface area (Å²) < 4.78 is 16.6. The van der Waals surface area contributed by atoms with Crippen LogP contribution < -0.4 is 14.8 Å². The number of hydrogen-bond donors (Lipinski definition) is 1. The third kappa shape index (κ3) is 4.88. The molecule has 2 heterocycles. The minimum absolute atomic E-state index is 0.123. The lowest BCUT2D eigenvalue weighted by Crippen LogP contribution is -2.42. The van der Waals surface area contributed by atoms with Gasteiger partial charge in [-0.15, -0.1) is 10.2 Å². The number of amides is 1. The van der Waals surface area contributed by atoms with E-state index in [9.17, 15) is 4.79 Å². The van der Waals surface area contributed by atoms with Crippen LogP contribution in [0.1, 0.15) is 5.01 Å². The van der Waals surface area contributed by atoms with Crippen LogP contribution in [0.5, 0.6) is 11.5 Å². The fourth-order valence-corrected chi connectivity index (χ4v) is 3.18. The predicted octanol–water partition coefficient (Wildman–Crippen LogP) is 1.39. The monoisotopic (exact) mass is 364 g/mol. The molecule has 3 rings (SSSR count). The van der Waals surface area contributed by atoms with Crippen LogP contribution in [0.25, 0.3) is 0 Å². The number of nitrogens with one attached hydrogen (secondary N) is 1. The SMILES string of the molecule is COCc1nnc(NC(=O)CN(C)CC2COc3ccccc3O2)s1. The summed E-state index contributed by atoms with van der Waals surface area (Å²) in [6, 6.07) is 7.57. The Hall–Kier alpha value is -2.23. The van der Waals surface area contributed by atoms with E-state index in [0.29, 0.717) is 24.9 Å². The molecule has 1 aliphatic rings. The minimum Gasteiger partial charge on any atom is -0.486 e. The molecule has 8 nitrogen and oxygen atoms in total. The molecular formula is C16H20N4O4S. The number of likely N-dealkylation sites (N-methyl/N-ethyl adjacent to an activating group) is 1. The zero-order chi connectivity index (χ0) is 17.6. The number of anilines is 1. The van der Waals surface area contributed by atoms with E-state index < -0.39 is 0 Å². The van der Waals surface area contributed by atoms with Gasteiger partial charge in [0.1, 0.15) is 24.3 Å². The van der Waals surface area contributed by atoms with Crippen molar-refractivity contribution in [2.45, 2.75) is 12.7 Å². The van der Waals surface area contributed by atoms with E-state index in [1.807, 2.05) is 36.2 Å². The van der Waals surface area contributed by atoms with Crippen molar-refractivity contribution in [2.75, 3.05) is 39.2 Å². The van der Waals surface area contributed by atoms with Crippen LogP contribution in [0.2, 0.25) is 0 Å². The first-order valence-corrected chi connectivity index (χ1v) is 8.64. The van der Waals surface area contributed by atoms with Gasteiger partial charge in [0.25, 0.3) is 0 Å². The fraction of sp³-hybridized carbons (Fsp3) is 0.438. The van der Waals surface area contributed by atoms with E-state index in [1.165, 1.54) is 11.3 Å². The van der Waals surface area contributed by atoms with Crippen LogP contribution in [-0.2, 0) is 16.1 Å². The first kappa shape index (κ1) is 17.6. The second-order valence-corrected chi connectivity index (χ2v) is 6.74. The van der Waals surface area contributed by atoms with Crippen molar-refractivity contribution in [1.29, 1.82) is 0 Å². The Balaban J connectivity index is 1.45. The van der Waals surface area contributed by atoms with Gasteiger partial charge in [0, 0.05) is 13.7 Å². The lowest BCUT2D eigenvalue weighted by atomic mass is 10.2. The van der Waals surface area contributed by atoms with Crippen molar-refractivity contribution >= 4 is 22.4 Å². The number of carbonyl (C=O) groups is 1. The third-order valence-electron chi connectivity index (χ3n) is 3.48. The Morgan fingerprint density at radius 3 is 3.00 bits per heavy atom. The molecule has 9 heteroatoms. The van der Waals surface area contributed by atoms with Gasteiger partial charge in [-0.3, -0.25) is 15.0 Å². The first-order chi connectivity index (χ1) is 12.1. The van der Waals surface area contributed by atoms with Crippen LogP contribution in [0.15, 0.2) is 24.3 Å². The van der Waals surface area contributed by atoms with Gasteiger partial charge in [0.2, 0.25) is 11.0 Å². The van der Waals surface area contributed by atoms with Crippen molar-refractivity contribution in [3.63, 3.8) is 0 Å². The zero-order valence-electron chi connectivity index (χ0n) is 14.1. The maximum atomic E-state index is 12.1. The Kier molecular flexibility index (Phi) is 5.79. The summed E-state index contributed by atoms with van der Waals surface area (Å²) in [6.45, 7) is 1.64. The predicted molar refractivity (Wildman–Crippen MR) is 93.1 cm³/mol. The second-order valence-electron chi connectivity index (χ2n) is 5.68. The Morgan fingerprint density at radius 2 is 2.20 bits per heavy atom. The highest BCUT2D eigenvalue weighted by molar-refractivity contribution is 7.15. The standard InChI is InChI=1S/C16H20N4O4S/c1-20(7-11-9-23-12-5-3-4-6-13(12)24-11)8-14(21)17-16-19-18-15(25-16)10-22-2/h3-6,11H,7-10H2,1-2H3,(H,17,19,21). The van der Waals surface area contributed by atoms with E-state index in [1.54, 1.807) is 7.11 Å². The lowest BCUT2D eigenvalue weighted by molar-refractivity contribution is -0.117. The zero-order valence-corrected chi connectivity index (χ0v) is 14.9. The van der Waals surface area contributed by atoms with Crippen molar-refractivity contribution in [3.8, 4) is 11.5 Å². The van der Waals surface area contributed by atoms with Gasteiger partial charge in [-0.2, -0.15) is 0 Å². The molecule has 1 aromatic carbocycles. The van der Waals surface area contributed by atoms with Crippen LogP contribution in [0.3, 0.4) is 0 Å². The number of fused-ring (bicyclic) bond motifs is 1. The van der Waals surface area contributed by atoms with Crippen molar-refractivity contribution in [1.82, 2.24) is 15.1 Å². The largest absolute Gasteiger partial charge is 0.486 e. The van der Waals surface area contributed by atoms with Gasteiger partial charge in [-0.05, 0) is 19.2 Å². The normalized spacial score (nSPS) is 16.0. The molecule has 0 saturated carbocycles. The van der Waals surface area contributed by atoms with Crippen LogP contribution in [-0.4, -0.2) is 61.0 Å². The molecule has 134 valence electrons. The number of hydrogen-bond acceptors (Lipinski definition) is 8. The van der Waals surface area contributed by atoms with Gasteiger partial charge in [-0.1, -0.05) is 23.5 Å². The number of nitrogens with zero attached hydrogens (tertiary/aromatic N) is 3. The highest BCUT2D eigenvalue weighted by atomic mass is 32.1. The summed E-state index contributed by atoms with van der Waals surface area (Å²) in [5, 5.41) is 11.8. The summed E-state index contributed by atoms with van der Waals surface area (Å²) in [6.07, 6.45) is -0.123. The molecule has 2 aromatic rings. The number of benzene rings is 1. The van der Waals surface area contributed by atoms with E-state index in [2.05, 4.69) is 15.5 Å². The average Bonchev–Trinajstić information content (AvgIpc) is 3.01. The maximum Gasteiger partial charge on any atom is 0.240 e. The number of carbonyl (C=O) groups excluding carboxylic acids is 1. The molecule has 0 saturated heterocycles. The van der Waals surface area contributed by atoms with Crippen LogP contribution in [0, 0.1) is 0 Å². The molecule has 1 aliphatic heterocycles. The van der Waals surface area contributed by atoms with Crippen molar-refractivity contribution in [3.05, 3.63) is 29.3 Å². The van der Waals surface area contributed by atoms with Gasteiger partial charge in [0.05, 0.1) is 6.54 Å². The van der Waals surface area contributed by atoms with Crippen LogP contribution in [0.4, 0.5) is 5.13 Å². The molecular weight excluding hydrogens is 344 g/mol. The van der Waals surface area contributed by atoms with E-state index in [0.717, 1.165) is 16.5 Å². The minimum atomic E-state index is -0.153. The summed E-state index contributed by atoms with van der Waals surface area (Å²) in [5.74, 6) is 1.33. The highest BCUT2D eigenvalue weighted by Gasteiger charge is 2.22. The molecule has 0 radical (unpaired) electrons. The molecule has 0 bridgehead atoms. The maximum absolute atomic E-state index is 12.1. The molecule has 1 N–H and O–H groups in total. The molecule has 0 fully saturated rings. The summed E-state index contributed by atoms with van der Waals surface area (Å²) >= 11 is 1.30. The number of rotatable bonds is 7. The molecule has 0 aliphatic carbocycles. The van der Waals surface area contributed by atoms with Crippen molar-refractivity contribution in [2.24, 2.45) is 0 Å². The number of aromatic nitrogens is 2. The Morgan fingerprint density at radius 1 is 1.40 bits per heavy atom. The average molecular weight is 364 g/mol. The lowest BCUT2D eigenvalue weighted by Gasteiger charge is -2.29. The van der Waals surface area contributed by atoms with E-state index >= 15 is 0 Å². The van der Waals surface area contributed by atoms with Gasteiger partial charge in [-0.25, -0.2) is 0 Å². The molecule has 1 amide bonds. The van der Waals surface area contributed by atoms with E-state index in [4.69, 9.17) is 14.2 Å². The number of para-hydroxylation sites is 2. The van der Waals surface area contributed by atoms with E-state index in [-0.39, 0.29) is 18.6 Å². The fourth-order valence-electron chi connectivity index (χ4n) is 2.46. The number of methoxy groups -OCH3 is 1. The number of ether oxygens (including phenoxy) is 3. The van der Waals surface area contributed by atoms with Gasteiger partial charge < -0.3 is 14.2 Å². The van der Waals surface area contributed by atoms with Gasteiger partial charge >= 0.3 is 0 Å². The summed E-state index contributed by atoms with van der Waals surface area (Å²) in [7, 11) is 3.45. The summed E-state index contributed by atoms with van der Waals surface area (Å²) in [4.78, 5) is 14.0. The quantitative estimate of drug-likeness (QED) is 0.795. The highest BCUT2D eigenvalue weighted by Crippen LogP contribution is 2.30. The van der Waals surface area contributed by atoms with Crippen molar-refractivity contribution < 1.29 is 19.0 Å².